The monoisotopic (exact) mass is 239 g/mol. The number of morpholine rings is 1. The molecule has 2 saturated heterocycles. The Morgan fingerprint density at radius 1 is 1.41 bits per heavy atom. The molecule has 1 atom stereocenters. The topological polar surface area (TPSA) is 38.8 Å². The highest BCUT2D eigenvalue weighted by Gasteiger charge is 2.46. The molecule has 1 amide bonds. The van der Waals surface area contributed by atoms with Crippen LogP contribution in [0.3, 0.4) is 0 Å². The molecule has 96 valence electrons. The summed E-state index contributed by atoms with van der Waals surface area (Å²) in [4.78, 5) is 13.6. The van der Waals surface area contributed by atoms with E-state index in [1.165, 1.54) is 6.08 Å². The Kier molecular flexibility index (Phi) is 3.27. The van der Waals surface area contributed by atoms with Crippen molar-refractivity contribution in [2.75, 3.05) is 26.3 Å². The van der Waals surface area contributed by atoms with E-state index in [1.54, 1.807) is 0 Å². The largest absolute Gasteiger partial charge is 0.378 e. The van der Waals surface area contributed by atoms with Gasteiger partial charge < -0.3 is 14.4 Å². The van der Waals surface area contributed by atoms with Crippen LogP contribution in [0.25, 0.3) is 0 Å². The van der Waals surface area contributed by atoms with E-state index in [9.17, 15) is 4.79 Å². The molecule has 0 radical (unpaired) electrons. The highest BCUT2D eigenvalue weighted by Crippen LogP contribution is 2.34. The van der Waals surface area contributed by atoms with Crippen LogP contribution in [0, 0.1) is 0 Å². The lowest BCUT2D eigenvalue weighted by atomic mass is 9.90. The average molecular weight is 239 g/mol. The van der Waals surface area contributed by atoms with Gasteiger partial charge in [0.2, 0.25) is 5.91 Å². The van der Waals surface area contributed by atoms with E-state index >= 15 is 0 Å². The van der Waals surface area contributed by atoms with E-state index < -0.39 is 0 Å². The zero-order valence-corrected chi connectivity index (χ0v) is 10.7. The van der Waals surface area contributed by atoms with E-state index in [0.717, 1.165) is 19.4 Å². The predicted molar refractivity (Wildman–Crippen MR) is 64.7 cm³/mol. The summed E-state index contributed by atoms with van der Waals surface area (Å²) in [6.45, 7) is 10.2. The second-order valence-electron chi connectivity index (χ2n) is 5.60. The van der Waals surface area contributed by atoms with Crippen LogP contribution in [0.4, 0.5) is 0 Å². The molecule has 0 aromatic heterocycles. The molecule has 0 N–H and O–H groups in total. The highest BCUT2D eigenvalue weighted by molar-refractivity contribution is 5.87. The van der Waals surface area contributed by atoms with Crippen LogP contribution in [-0.4, -0.2) is 48.3 Å². The summed E-state index contributed by atoms with van der Waals surface area (Å²) < 4.78 is 11.7. The standard InChI is InChI=1S/C13H21NO3/c1-4-11(15)14-8-12(2,3)17-13(9-14)6-5-7-16-10-13/h4H,1,5-10H2,2-3H3. The van der Waals surface area contributed by atoms with E-state index in [-0.39, 0.29) is 17.1 Å². The fraction of sp³-hybridized carbons (Fsp3) is 0.769. The molecule has 4 heteroatoms. The molecule has 1 spiro atoms. The van der Waals surface area contributed by atoms with Crippen LogP contribution in [0.5, 0.6) is 0 Å². The Bertz CT molecular complexity index is 319. The van der Waals surface area contributed by atoms with Crippen LogP contribution < -0.4 is 0 Å². The molecule has 2 rings (SSSR count). The molecule has 17 heavy (non-hydrogen) atoms. The molecule has 0 aliphatic carbocycles. The lowest BCUT2D eigenvalue weighted by Gasteiger charge is -2.51. The molecule has 2 heterocycles. The van der Waals surface area contributed by atoms with Gasteiger partial charge in [0.15, 0.2) is 0 Å². The fourth-order valence-corrected chi connectivity index (χ4v) is 2.83. The Hall–Kier alpha value is -0.870. The predicted octanol–water partition coefficient (Wildman–Crippen LogP) is 1.36. The van der Waals surface area contributed by atoms with Gasteiger partial charge >= 0.3 is 0 Å². The molecule has 2 aliphatic heterocycles. The van der Waals surface area contributed by atoms with Gasteiger partial charge in [-0.25, -0.2) is 0 Å². The van der Waals surface area contributed by atoms with Gasteiger partial charge in [0.1, 0.15) is 5.60 Å². The van der Waals surface area contributed by atoms with Gasteiger partial charge in [-0.3, -0.25) is 4.79 Å². The van der Waals surface area contributed by atoms with Crippen LogP contribution in [-0.2, 0) is 14.3 Å². The summed E-state index contributed by atoms with van der Waals surface area (Å²) in [5.74, 6) is -0.0219. The van der Waals surface area contributed by atoms with Gasteiger partial charge in [0.05, 0.1) is 18.8 Å². The maximum atomic E-state index is 11.8. The molecule has 0 bridgehead atoms. The lowest BCUT2D eigenvalue weighted by Crippen LogP contribution is -2.63. The first-order valence-electron chi connectivity index (χ1n) is 6.16. The number of rotatable bonds is 1. The number of hydrogen-bond acceptors (Lipinski definition) is 3. The van der Waals surface area contributed by atoms with E-state index in [4.69, 9.17) is 9.47 Å². The van der Waals surface area contributed by atoms with Crippen molar-refractivity contribution < 1.29 is 14.3 Å². The molecule has 4 nitrogen and oxygen atoms in total. The molecule has 2 fully saturated rings. The Morgan fingerprint density at radius 2 is 2.18 bits per heavy atom. The van der Waals surface area contributed by atoms with Crippen LogP contribution in [0.1, 0.15) is 26.7 Å². The third-order valence-corrected chi connectivity index (χ3v) is 3.32. The van der Waals surface area contributed by atoms with E-state index in [2.05, 4.69) is 6.58 Å². The molecule has 1 unspecified atom stereocenters. The van der Waals surface area contributed by atoms with Gasteiger partial charge in [-0.15, -0.1) is 0 Å². The van der Waals surface area contributed by atoms with Crippen molar-refractivity contribution in [3.05, 3.63) is 12.7 Å². The summed E-state index contributed by atoms with van der Waals surface area (Å²) in [5, 5.41) is 0. The second-order valence-corrected chi connectivity index (χ2v) is 5.60. The summed E-state index contributed by atoms with van der Waals surface area (Å²) in [7, 11) is 0. The fourth-order valence-electron chi connectivity index (χ4n) is 2.83. The molecule has 2 aliphatic rings. The molecule has 0 aromatic carbocycles. The quantitative estimate of drug-likeness (QED) is 0.649. The van der Waals surface area contributed by atoms with E-state index in [0.29, 0.717) is 19.7 Å². The van der Waals surface area contributed by atoms with Crippen molar-refractivity contribution in [2.45, 2.75) is 37.9 Å². The summed E-state index contributed by atoms with van der Waals surface area (Å²) in [6, 6.07) is 0. The Morgan fingerprint density at radius 3 is 2.76 bits per heavy atom. The van der Waals surface area contributed by atoms with Crippen LogP contribution in [0.2, 0.25) is 0 Å². The number of carbonyl (C=O) groups excluding carboxylic acids is 1. The highest BCUT2D eigenvalue weighted by atomic mass is 16.6. The summed E-state index contributed by atoms with van der Waals surface area (Å²) in [5.41, 5.74) is -0.643. The van der Waals surface area contributed by atoms with Crippen molar-refractivity contribution >= 4 is 5.91 Å². The van der Waals surface area contributed by atoms with Crippen molar-refractivity contribution in [3.63, 3.8) is 0 Å². The first kappa shape index (κ1) is 12.6. The minimum atomic E-state index is -0.322. The third-order valence-electron chi connectivity index (χ3n) is 3.32. The molecule has 0 saturated carbocycles. The zero-order valence-electron chi connectivity index (χ0n) is 10.7. The van der Waals surface area contributed by atoms with Gasteiger partial charge in [-0.05, 0) is 32.8 Å². The molecule has 0 aromatic rings. The number of carbonyl (C=O) groups is 1. The number of ether oxygens (including phenoxy) is 2. The van der Waals surface area contributed by atoms with Crippen LogP contribution >= 0.6 is 0 Å². The minimum Gasteiger partial charge on any atom is -0.378 e. The maximum absolute atomic E-state index is 11.8. The van der Waals surface area contributed by atoms with Gasteiger partial charge in [-0.2, -0.15) is 0 Å². The Labute approximate surface area is 103 Å². The average Bonchev–Trinajstić information content (AvgIpc) is 2.26. The van der Waals surface area contributed by atoms with Gasteiger partial charge in [0.25, 0.3) is 0 Å². The first-order valence-corrected chi connectivity index (χ1v) is 6.16. The lowest BCUT2D eigenvalue weighted by molar-refractivity contribution is -0.231. The Balaban J connectivity index is 2.17. The minimum absolute atomic E-state index is 0.0219. The van der Waals surface area contributed by atoms with Crippen LogP contribution in [0.15, 0.2) is 12.7 Å². The maximum Gasteiger partial charge on any atom is 0.246 e. The smallest absolute Gasteiger partial charge is 0.246 e. The normalized spacial score (nSPS) is 32.5. The number of hydrogen-bond donors (Lipinski definition) is 0. The molecular weight excluding hydrogens is 218 g/mol. The van der Waals surface area contributed by atoms with Gasteiger partial charge in [-0.1, -0.05) is 6.58 Å². The van der Waals surface area contributed by atoms with E-state index in [1.807, 2.05) is 18.7 Å². The molecular formula is C13H21NO3. The third kappa shape index (κ3) is 2.69. The van der Waals surface area contributed by atoms with Crippen molar-refractivity contribution in [2.24, 2.45) is 0 Å². The number of nitrogens with zero attached hydrogens (tertiary/aromatic N) is 1. The van der Waals surface area contributed by atoms with Crippen molar-refractivity contribution in [1.29, 1.82) is 0 Å². The first-order chi connectivity index (χ1) is 7.96. The summed E-state index contributed by atoms with van der Waals surface area (Å²) >= 11 is 0. The SMILES string of the molecule is C=CC(=O)N1CC(C)(C)OC2(CCCOC2)C1. The zero-order chi connectivity index (χ0) is 12.5. The number of amides is 1. The summed E-state index contributed by atoms with van der Waals surface area (Å²) in [6.07, 6.45) is 3.32. The van der Waals surface area contributed by atoms with Crippen molar-refractivity contribution in [3.8, 4) is 0 Å². The van der Waals surface area contributed by atoms with Crippen molar-refractivity contribution in [1.82, 2.24) is 4.90 Å². The van der Waals surface area contributed by atoms with Gasteiger partial charge in [0, 0.05) is 13.2 Å². The second kappa shape index (κ2) is 4.42.